The summed E-state index contributed by atoms with van der Waals surface area (Å²) in [7, 11) is 0. The van der Waals surface area contributed by atoms with Gasteiger partial charge < -0.3 is 9.84 Å². The van der Waals surface area contributed by atoms with Crippen molar-refractivity contribution in [1.82, 2.24) is 5.43 Å². The van der Waals surface area contributed by atoms with Crippen molar-refractivity contribution in [2.24, 2.45) is 5.10 Å². The Kier molecular flexibility index (Phi) is 3.50. The van der Waals surface area contributed by atoms with Crippen LogP contribution in [-0.4, -0.2) is 28.3 Å². The van der Waals surface area contributed by atoms with Crippen LogP contribution in [0.25, 0.3) is 0 Å². The van der Waals surface area contributed by atoms with Crippen molar-refractivity contribution in [2.45, 2.75) is 25.5 Å². The fourth-order valence-electron chi connectivity index (χ4n) is 1.65. The van der Waals surface area contributed by atoms with Crippen LogP contribution in [0.2, 0.25) is 0 Å². The summed E-state index contributed by atoms with van der Waals surface area (Å²) in [5.41, 5.74) is 2.18. The second kappa shape index (κ2) is 5.09. The predicted octanol–water partition coefficient (Wildman–Crippen LogP) is 0.922. The molecule has 1 aliphatic heterocycles. The van der Waals surface area contributed by atoms with Gasteiger partial charge in [-0.15, -0.1) is 0 Å². The molecule has 0 amide bonds. The zero-order valence-electron chi connectivity index (χ0n) is 10.4. The van der Waals surface area contributed by atoms with Gasteiger partial charge in [-0.2, -0.15) is 5.10 Å². The van der Waals surface area contributed by atoms with Crippen LogP contribution in [0.15, 0.2) is 35.4 Å². The van der Waals surface area contributed by atoms with Crippen LogP contribution in [0, 0.1) is 0 Å². The summed E-state index contributed by atoms with van der Waals surface area (Å²) < 4.78 is 5.08. The Morgan fingerprint density at radius 2 is 2.11 bits per heavy atom. The Balaban J connectivity index is 1.90. The number of carbonyl (C=O) groups excluding carboxylic acids is 1. The van der Waals surface area contributed by atoms with Crippen LogP contribution in [0.1, 0.15) is 18.9 Å². The SMILES string of the molecule is CC1(C(=O)O)CC(C(=O)OCc2ccccc2)=NN1. The van der Waals surface area contributed by atoms with Crippen LogP contribution in [0.4, 0.5) is 0 Å². The maximum Gasteiger partial charge on any atom is 0.354 e. The normalized spacial score (nSPS) is 21.4. The molecule has 1 aromatic carbocycles. The highest BCUT2D eigenvalue weighted by atomic mass is 16.5. The first-order chi connectivity index (χ1) is 9.01. The van der Waals surface area contributed by atoms with Crippen LogP contribution in [-0.2, 0) is 20.9 Å². The summed E-state index contributed by atoms with van der Waals surface area (Å²) in [6, 6.07) is 9.24. The molecule has 1 atom stereocenters. The first-order valence-electron chi connectivity index (χ1n) is 5.79. The number of benzene rings is 1. The number of carboxylic acid groups (broad SMARTS) is 1. The summed E-state index contributed by atoms with van der Waals surface area (Å²) in [5.74, 6) is -1.65. The molecule has 1 heterocycles. The quantitative estimate of drug-likeness (QED) is 0.788. The summed E-state index contributed by atoms with van der Waals surface area (Å²) >= 11 is 0. The second-order valence-electron chi connectivity index (χ2n) is 4.55. The Morgan fingerprint density at radius 3 is 2.68 bits per heavy atom. The Labute approximate surface area is 110 Å². The molecule has 0 aromatic heterocycles. The molecular formula is C13H14N2O4. The highest BCUT2D eigenvalue weighted by molar-refractivity contribution is 6.37. The first kappa shape index (κ1) is 13.1. The highest BCUT2D eigenvalue weighted by Gasteiger charge is 2.41. The van der Waals surface area contributed by atoms with Crippen molar-refractivity contribution in [3.8, 4) is 0 Å². The minimum Gasteiger partial charge on any atom is -0.479 e. The van der Waals surface area contributed by atoms with Crippen molar-refractivity contribution in [1.29, 1.82) is 0 Å². The summed E-state index contributed by atoms with van der Waals surface area (Å²) in [5, 5.41) is 12.7. The lowest BCUT2D eigenvalue weighted by Crippen LogP contribution is -2.44. The topological polar surface area (TPSA) is 88.0 Å². The van der Waals surface area contributed by atoms with Crippen molar-refractivity contribution in [2.75, 3.05) is 0 Å². The van der Waals surface area contributed by atoms with E-state index < -0.39 is 17.5 Å². The molecule has 0 spiro atoms. The van der Waals surface area contributed by atoms with Crippen molar-refractivity contribution < 1.29 is 19.4 Å². The van der Waals surface area contributed by atoms with Gasteiger partial charge in [0.1, 0.15) is 12.3 Å². The zero-order chi connectivity index (χ0) is 13.9. The molecule has 2 rings (SSSR count). The van der Waals surface area contributed by atoms with Gasteiger partial charge in [-0.05, 0) is 12.5 Å². The summed E-state index contributed by atoms with van der Waals surface area (Å²) in [4.78, 5) is 22.7. The minimum absolute atomic E-state index is 0.00988. The third-order valence-corrected chi connectivity index (χ3v) is 2.88. The van der Waals surface area contributed by atoms with Gasteiger partial charge in [0.2, 0.25) is 0 Å². The highest BCUT2D eigenvalue weighted by Crippen LogP contribution is 2.18. The molecule has 0 bridgehead atoms. The van der Waals surface area contributed by atoms with Crippen molar-refractivity contribution in [3.63, 3.8) is 0 Å². The number of ether oxygens (including phenoxy) is 1. The lowest BCUT2D eigenvalue weighted by atomic mass is 9.97. The summed E-state index contributed by atoms with van der Waals surface area (Å²) in [6.45, 7) is 1.61. The number of carboxylic acids is 1. The van der Waals surface area contributed by atoms with E-state index in [1.807, 2.05) is 30.3 Å². The minimum atomic E-state index is -1.24. The molecule has 1 unspecified atom stereocenters. The fraction of sp³-hybridized carbons (Fsp3) is 0.308. The zero-order valence-corrected chi connectivity index (χ0v) is 10.4. The van der Waals surface area contributed by atoms with Crippen molar-refractivity contribution >= 4 is 17.7 Å². The van der Waals surface area contributed by atoms with Gasteiger partial charge in [0.15, 0.2) is 5.54 Å². The molecule has 0 aliphatic carbocycles. The van der Waals surface area contributed by atoms with Gasteiger partial charge >= 0.3 is 11.9 Å². The van der Waals surface area contributed by atoms with Gasteiger partial charge in [0.05, 0.1) is 0 Å². The molecule has 100 valence electrons. The van der Waals surface area contributed by atoms with E-state index in [1.165, 1.54) is 6.92 Å². The fourth-order valence-corrected chi connectivity index (χ4v) is 1.65. The average molecular weight is 262 g/mol. The monoisotopic (exact) mass is 262 g/mol. The van der Waals surface area contributed by atoms with Gasteiger partial charge in [0, 0.05) is 6.42 Å². The number of esters is 1. The van der Waals surface area contributed by atoms with E-state index in [0.717, 1.165) is 5.56 Å². The smallest absolute Gasteiger partial charge is 0.354 e. The molecule has 2 N–H and O–H groups in total. The molecule has 1 aliphatic rings. The number of carbonyl (C=O) groups is 2. The van der Waals surface area contributed by atoms with E-state index >= 15 is 0 Å². The molecule has 6 heteroatoms. The molecule has 6 nitrogen and oxygen atoms in total. The maximum atomic E-state index is 11.7. The molecule has 0 saturated carbocycles. The predicted molar refractivity (Wildman–Crippen MR) is 67.5 cm³/mol. The van der Waals surface area contributed by atoms with Crippen LogP contribution >= 0.6 is 0 Å². The second-order valence-corrected chi connectivity index (χ2v) is 4.55. The lowest BCUT2D eigenvalue weighted by Gasteiger charge is -2.16. The molecule has 1 aromatic rings. The number of hydrazone groups is 1. The average Bonchev–Trinajstić information content (AvgIpc) is 2.81. The third kappa shape index (κ3) is 2.90. The lowest BCUT2D eigenvalue weighted by molar-refractivity contribution is -0.143. The number of aliphatic carboxylic acids is 1. The van der Waals surface area contributed by atoms with E-state index in [-0.39, 0.29) is 18.7 Å². The number of nitrogens with one attached hydrogen (secondary N) is 1. The van der Waals surface area contributed by atoms with Crippen molar-refractivity contribution in [3.05, 3.63) is 35.9 Å². The maximum absolute atomic E-state index is 11.7. The molecule has 0 radical (unpaired) electrons. The van der Waals surface area contributed by atoms with Gasteiger partial charge in [-0.1, -0.05) is 30.3 Å². The molecule has 0 fully saturated rings. The Morgan fingerprint density at radius 1 is 1.42 bits per heavy atom. The van der Waals surface area contributed by atoms with Crippen LogP contribution < -0.4 is 5.43 Å². The van der Waals surface area contributed by atoms with E-state index in [1.54, 1.807) is 0 Å². The van der Waals surface area contributed by atoms with E-state index in [2.05, 4.69) is 10.5 Å². The number of nitrogens with zero attached hydrogens (tertiary/aromatic N) is 1. The standard InChI is InChI=1S/C13H14N2O4/c1-13(12(17)18)7-10(14-15-13)11(16)19-8-9-5-3-2-4-6-9/h2-6,15H,7-8H2,1H3,(H,17,18). The van der Waals surface area contributed by atoms with E-state index in [4.69, 9.17) is 9.84 Å². The van der Waals surface area contributed by atoms with Gasteiger partial charge in [0.25, 0.3) is 0 Å². The third-order valence-electron chi connectivity index (χ3n) is 2.88. The summed E-state index contributed by atoms with van der Waals surface area (Å²) in [6.07, 6.45) is 0.00988. The van der Waals surface area contributed by atoms with E-state index in [9.17, 15) is 9.59 Å². The van der Waals surface area contributed by atoms with Crippen LogP contribution in [0.5, 0.6) is 0 Å². The number of hydrogen-bond donors (Lipinski definition) is 2. The largest absolute Gasteiger partial charge is 0.479 e. The van der Waals surface area contributed by atoms with Gasteiger partial charge in [-0.25, -0.2) is 9.59 Å². The van der Waals surface area contributed by atoms with E-state index in [0.29, 0.717) is 0 Å². The van der Waals surface area contributed by atoms with Gasteiger partial charge in [-0.3, -0.25) is 5.43 Å². The molecule has 19 heavy (non-hydrogen) atoms. The Hall–Kier alpha value is -2.37. The molecule has 0 saturated heterocycles. The molecular weight excluding hydrogens is 248 g/mol. The van der Waals surface area contributed by atoms with Crippen LogP contribution in [0.3, 0.4) is 0 Å². The first-order valence-corrected chi connectivity index (χ1v) is 5.79. The Bertz CT molecular complexity index is 527. The number of hydrogen-bond acceptors (Lipinski definition) is 5. The number of rotatable bonds is 4.